The summed E-state index contributed by atoms with van der Waals surface area (Å²) < 4.78 is 0. The topological polar surface area (TPSA) is 0 Å². The van der Waals surface area contributed by atoms with Crippen molar-refractivity contribution in [2.75, 3.05) is 0 Å². The summed E-state index contributed by atoms with van der Waals surface area (Å²) in [5.41, 5.74) is 2.75. The Labute approximate surface area is 102 Å². The summed E-state index contributed by atoms with van der Waals surface area (Å²) in [6.07, 6.45) is 6.62. The van der Waals surface area contributed by atoms with E-state index in [1.54, 1.807) is 0 Å². The number of rotatable bonds is 3. The van der Waals surface area contributed by atoms with Crippen LogP contribution in [0.4, 0.5) is 0 Å². The van der Waals surface area contributed by atoms with Crippen LogP contribution in [0.25, 0.3) is 6.08 Å². The van der Waals surface area contributed by atoms with Crippen molar-refractivity contribution >= 4 is 6.08 Å². The Morgan fingerprint density at radius 2 is 1.69 bits per heavy atom. The Morgan fingerprint density at radius 3 is 2.19 bits per heavy atom. The summed E-state index contributed by atoms with van der Waals surface area (Å²) in [4.78, 5) is 0. The number of hydrogen-bond donors (Lipinski definition) is 0. The molecule has 0 aromatic heterocycles. The molecule has 92 valence electrons. The van der Waals surface area contributed by atoms with Gasteiger partial charge in [0.15, 0.2) is 0 Å². The van der Waals surface area contributed by atoms with Crippen molar-refractivity contribution in [3.8, 4) is 0 Å². The molecule has 0 amide bonds. The molecule has 0 atom stereocenters. The van der Waals surface area contributed by atoms with E-state index in [4.69, 9.17) is 0 Å². The second-order valence-electron chi connectivity index (χ2n) is 3.00. The van der Waals surface area contributed by atoms with Gasteiger partial charge in [-0.15, -0.1) is 0 Å². The molecule has 0 heteroatoms. The van der Waals surface area contributed by atoms with Crippen LogP contribution in [0, 0.1) is 0 Å². The average Bonchev–Trinajstić information content (AvgIpc) is 2.36. The smallest absolute Gasteiger partial charge is 0.0257 e. The minimum absolute atomic E-state index is 1.19. The van der Waals surface area contributed by atoms with Crippen molar-refractivity contribution in [1.29, 1.82) is 0 Å². The molecule has 0 saturated heterocycles. The van der Waals surface area contributed by atoms with Crippen LogP contribution < -0.4 is 0 Å². The molecule has 0 spiro atoms. The van der Waals surface area contributed by atoms with Gasteiger partial charge in [0.25, 0.3) is 0 Å². The number of aryl methyl sites for hydroxylation is 1. The molecule has 0 aliphatic heterocycles. The Morgan fingerprint density at radius 1 is 1.06 bits per heavy atom. The monoisotopic (exact) mass is 220 g/mol. The molecule has 1 rings (SSSR count). The van der Waals surface area contributed by atoms with E-state index in [1.165, 1.54) is 24.0 Å². The van der Waals surface area contributed by atoms with Crippen LogP contribution in [0.15, 0.2) is 30.3 Å². The zero-order valence-electron chi connectivity index (χ0n) is 11.9. The molecule has 0 aliphatic carbocycles. The summed E-state index contributed by atoms with van der Waals surface area (Å²) in [6, 6.07) is 8.71. The molecule has 0 N–H and O–H groups in total. The van der Waals surface area contributed by atoms with Gasteiger partial charge in [0.2, 0.25) is 0 Å². The number of hydrogen-bond acceptors (Lipinski definition) is 0. The number of allylic oxidation sites excluding steroid dienone is 1. The fraction of sp³-hybridized carbons (Fsp3) is 0.500. The standard InChI is InChI=1S/C12H16.2C2H6/c1-3-6-11-8-5-9-12(10-11)7-4-2;2*1-2/h3,5-6,8-10H,4,7H2,1-2H3;2*1-2H3/b6-3+;;. The zero-order chi connectivity index (χ0) is 12.8. The lowest BCUT2D eigenvalue weighted by molar-refractivity contribution is 0.921. The van der Waals surface area contributed by atoms with Gasteiger partial charge in [-0.2, -0.15) is 0 Å². The quantitative estimate of drug-likeness (QED) is 0.610. The summed E-state index contributed by atoms with van der Waals surface area (Å²) in [5, 5.41) is 0. The van der Waals surface area contributed by atoms with Crippen molar-refractivity contribution in [3.63, 3.8) is 0 Å². The molecule has 0 heterocycles. The fourth-order valence-electron chi connectivity index (χ4n) is 1.33. The third-order valence-corrected chi connectivity index (χ3v) is 1.85. The zero-order valence-corrected chi connectivity index (χ0v) is 11.9. The SMILES string of the molecule is C/C=C/c1cccc(CCC)c1.CC.CC. The Balaban J connectivity index is 0. The molecule has 16 heavy (non-hydrogen) atoms. The minimum Gasteiger partial charge on any atom is -0.0871 e. The molecule has 1 aromatic carbocycles. The van der Waals surface area contributed by atoms with Crippen molar-refractivity contribution < 1.29 is 0 Å². The minimum atomic E-state index is 1.19. The van der Waals surface area contributed by atoms with Crippen molar-refractivity contribution in [1.82, 2.24) is 0 Å². The molecule has 1 aromatic rings. The molecule has 0 saturated carbocycles. The Hall–Kier alpha value is -1.04. The van der Waals surface area contributed by atoms with Crippen LogP contribution in [-0.4, -0.2) is 0 Å². The lowest BCUT2D eigenvalue weighted by Gasteiger charge is -1.99. The lowest BCUT2D eigenvalue weighted by atomic mass is 10.1. The van der Waals surface area contributed by atoms with E-state index >= 15 is 0 Å². The maximum absolute atomic E-state index is 2.25. The van der Waals surface area contributed by atoms with Gasteiger partial charge in [0.1, 0.15) is 0 Å². The molecule has 0 aliphatic rings. The Bertz CT molecular complexity index is 258. The third kappa shape index (κ3) is 8.28. The van der Waals surface area contributed by atoms with Gasteiger partial charge in [-0.1, -0.05) is 77.5 Å². The first-order valence-electron chi connectivity index (χ1n) is 6.58. The summed E-state index contributed by atoms with van der Waals surface area (Å²) in [6.45, 7) is 12.3. The third-order valence-electron chi connectivity index (χ3n) is 1.85. The van der Waals surface area contributed by atoms with Crippen LogP contribution in [-0.2, 0) is 6.42 Å². The molecule has 0 fully saturated rings. The Kier molecular flexibility index (Phi) is 15.1. The predicted molar refractivity (Wildman–Crippen MR) is 77.8 cm³/mol. The van der Waals surface area contributed by atoms with Gasteiger partial charge in [-0.05, 0) is 24.5 Å². The van der Waals surface area contributed by atoms with E-state index in [2.05, 4.69) is 43.3 Å². The number of benzene rings is 1. The van der Waals surface area contributed by atoms with Gasteiger partial charge >= 0.3 is 0 Å². The summed E-state index contributed by atoms with van der Waals surface area (Å²) >= 11 is 0. The van der Waals surface area contributed by atoms with E-state index in [9.17, 15) is 0 Å². The first-order valence-corrected chi connectivity index (χ1v) is 6.58. The lowest BCUT2D eigenvalue weighted by Crippen LogP contribution is -1.82. The first kappa shape index (κ1) is 17.4. The fourth-order valence-corrected chi connectivity index (χ4v) is 1.33. The first-order chi connectivity index (χ1) is 7.86. The highest BCUT2D eigenvalue weighted by molar-refractivity contribution is 5.49. The van der Waals surface area contributed by atoms with Crippen LogP contribution in [0.3, 0.4) is 0 Å². The van der Waals surface area contributed by atoms with Gasteiger partial charge < -0.3 is 0 Å². The highest BCUT2D eigenvalue weighted by Gasteiger charge is 1.90. The molecule has 0 nitrogen and oxygen atoms in total. The van der Waals surface area contributed by atoms with Crippen LogP contribution >= 0.6 is 0 Å². The van der Waals surface area contributed by atoms with Crippen LogP contribution in [0.1, 0.15) is 59.1 Å². The predicted octanol–water partition coefficient (Wildman–Crippen LogP) is 5.72. The highest BCUT2D eigenvalue weighted by Crippen LogP contribution is 2.08. The molecule has 0 bridgehead atoms. The molecule has 0 unspecified atom stereocenters. The van der Waals surface area contributed by atoms with Gasteiger partial charge in [0.05, 0.1) is 0 Å². The van der Waals surface area contributed by atoms with E-state index in [0.717, 1.165) is 0 Å². The highest BCUT2D eigenvalue weighted by atomic mass is 14.0. The van der Waals surface area contributed by atoms with Crippen LogP contribution in [0.2, 0.25) is 0 Å². The van der Waals surface area contributed by atoms with E-state index in [-0.39, 0.29) is 0 Å². The maximum atomic E-state index is 2.25. The average molecular weight is 220 g/mol. The maximum Gasteiger partial charge on any atom is -0.0257 e. The van der Waals surface area contributed by atoms with Crippen molar-refractivity contribution in [2.45, 2.75) is 54.4 Å². The van der Waals surface area contributed by atoms with Gasteiger partial charge in [-0.25, -0.2) is 0 Å². The van der Waals surface area contributed by atoms with E-state index in [1.807, 2.05) is 34.6 Å². The largest absolute Gasteiger partial charge is 0.0871 e. The molecular weight excluding hydrogens is 192 g/mol. The summed E-state index contributed by atoms with van der Waals surface area (Å²) in [5.74, 6) is 0. The van der Waals surface area contributed by atoms with E-state index in [0.29, 0.717) is 0 Å². The van der Waals surface area contributed by atoms with E-state index < -0.39 is 0 Å². The van der Waals surface area contributed by atoms with Crippen molar-refractivity contribution in [3.05, 3.63) is 41.5 Å². The van der Waals surface area contributed by atoms with Gasteiger partial charge in [-0.3, -0.25) is 0 Å². The second-order valence-corrected chi connectivity index (χ2v) is 3.00. The summed E-state index contributed by atoms with van der Waals surface area (Å²) in [7, 11) is 0. The molecule has 0 radical (unpaired) electrons. The molecular formula is C16H28. The van der Waals surface area contributed by atoms with Crippen LogP contribution in [0.5, 0.6) is 0 Å². The normalized spacial score (nSPS) is 8.88. The van der Waals surface area contributed by atoms with Gasteiger partial charge in [0, 0.05) is 0 Å². The van der Waals surface area contributed by atoms with Crippen molar-refractivity contribution in [2.24, 2.45) is 0 Å². The second kappa shape index (κ2) is 14.0.